The smallest absolute Gasteiger partial charge is 0.330 e. The van der Waals surface area contributed by atoms with E-state index in [9.17, 15) is 5.02 Å². The summed E-state index contributed by atoms with van der Waals surface area (Å²) in [7, 11) is 0. The second-order valence-electron chi connectivity index (χ2n) is 6.13. The lowest BCUT2D eigenvalue weighted by Crippen LogP contribution is -2.53. The molecule has 3 unspecified atom stereocenters. The largest absolute Gasteiger partial charge is 0.446 e. The molecule has 1 aromatic carbocycles. The van der Waals surface area contributed by atoms with Gasteiger partial charge in [0.1, 0.15) is 6.10 Å². The van der Waals surface area contributed by atoms with Crippen LogP contribution in [0.1, 0.15) is 6.42 Å². The summed E-state index contributed by atoms with van der Waals surface area (Å²) < 4.78 is 17.2. The molecule has 1 N–H and O–H groups in total. The monoisotopic (exact) mass is 258 g/mol. The van der Waals surface area contributed by atoms with Crippen LogP contribution in [0.25, 0.3) is 0 Å². The Balaban J connectivity index is 1.45. The molecule has 1 spiro atoms. The average molecular weight is 258 g/mol. The minimum absolute atomic E-state index is 0.0274. The van der Waals surface area contributed by atoms with E-state index in [1.807, 2.05) is 30.3 Å². The predicted molar refractivity (Wildman–Crippen MR) is 68.1 cm³/mol. The lowest BCUT2D eigenvalue weighted by molar-refractivity contribution is -0.261. The molecule has 4 fully saturated rings. The van der Waals surface area contributed by atoms with Gasteiger partial charge in [-0.05, 0) is 11.9 Å². The third-order valence-electron chi connectivity index (χ3n) is 5.27. The van der Waals surface area contributed by atoms with Gasteiger partial charge in [0, 0.05) is 11.2 Å². The Labute approximate surface area is 111 Å². The fourth-order valence-electron chi connectivity index (χ4n) is 4.36. The quantitative estimate of drug-likeness (QED) is 0.768. The second kappa shape index (κ2) is 3.41. The zero-order valence-electron chi connectivity index (χ0n) is 10.4. The van der Waals surface area contributed by atoms with Gasteiger partial charge in [-0.15, -0.1) is 0 Å². The van der Waals surface area contributed by atoms with Crippen molar-refractivity contribution in [3.63, 3.8) is 0 Å². The summed E-state index contributed by atoms with van der Waals surface area (Å²) in [6.07, 6.45) is 1.18. The van der Waals surface area contributed by atoms with Crippen molar-refractivity contribution in [3.8, 4) is 0 Å². The van der Waals surface area contributed by atoms with Crippen LogP contribution in [0.5, 0.6) is 0 Å². The molecule has 0 amide bonds. The van der Waals surface area contributed by atoms with E-state index in [0.717, 1.165) is 11.9 Å². The van der Waals surface area contributed by atoms with Gasteiger partial charge >= 0.3 is 6.92 Å². The predicted octanol–water partition coefficient (Wildman–Crippen LogP) is 0.160. The lowest BCUT2D eigenvalue weighted by atomic mass is 9.54. The van der Waals surface area contributed by atoms with Gasteiger partial charge in [0.05, 0.1) is 18.8 Å². The van der Waals surface area contributed by atoms with Crippen molar-refractivity contribution in [1.82, 2.24) is 0 Å². The first kappa shape index (κ1) is 10.9. The molecule has 0 aromatic heterocycles. The molecule has 5 heteroatoms. The van der Waals surface area contributed by atoms with Crippen LogP contribution in [-0.2, 0) is 14.2 Å². The van der Waals surface area contributed by atoms with Gasteiger partial charge in [0.15, 0.2) is 6.29 Å². The van der Waals surface area contributed by atoms with Crippen molar-refractivity contribution < 1.29 is 19.2 Å². The third kappa shape index (κ3) is 1.20. The highest BCUT2D eigenvalue weighted by atomic mass is 16.8. The molecule has 1 saturated carbocycles. The molecule has 4 aliphatic rings. The maximum Gasteiger partial charge on any atom is 0.330 e. The highest BCUT2D eigenvalue weighted by Gasteiger charge is 2.84. The number of benzene rings is 1. The topological polar surface area (TPSA) is 47.9 Å². The number of hydrogen-bond donors (Lipinski definition) is 1. The number of ether oxygens (including phenoxy) is 3. The Morgan fingerprint density at radius 1 is 1.16 bits per heavy atom. The fraction of sp³-hybridized carbons (Fsp3) is 0.571. The first-order chi connectivity index (χ1) is 9.30. The van der Waals surface area contributed by atoms with Crippen LogP contribution < -0.4 is 5.46 Å². The molecule has 98 valence electrons. The first-order valence-corrected chi connectivity index (χ1v) is 6.96. The van der Waals surface area contributed by atoms with Gasteiger partial charge in [-0.3, -0.25) is 0 Å². The number of fused-ring (bicyclic) bond motifs is 3. The van der Waals surface area contributed by atoms with E-state index >= 15 is 0 Å². The summed E-state index contributed by atoms with van der Waals surface area (Å²) >= 11 is 0. The molecule has 0 radical (unpaired) electrons. The summed E-state index contributed by atoms with van der Waals surface area (Å²) in [5.41, 5.74) is 1.10. The van der Waals surface area contributed by atoms with Crippen molar-refractivity contribution >= 4 is 12.4 Å². The standard InChI is InChI=1S/C14H15BO4/c16-15(8-4-2-1-3-5-8)10-11-14(10)6-9-7-17-13(18-9)12(14)19-11/h1-5,9-13,16H,6-7H2/t9-,10?,11?,12-,13+,14?/m0/s1. The highest BCUT2D eigenvalue weighted by Crippen LogP contribution is 2.76. The Kier molecular flexibility index (Phi) is 1.95. The molecule has 5 rings (SSSR count). The van der Waals surface area contributed by atoms with E-state index in [2.05, 4.69) is 0 Å². The molecule has 19 heavy (non-hydrogen) atoms. The molecule has 6 atom stereocenters. The zero-order valence-corrected chi connectivity index (χ0v) is 10.4. The Morgan fingerprint density at radius 2 is 2.00 bits per heavy atom. The van der Waals surface area contributed by atoms with E-state index < -0.39 is 6.92 Å². The molecular formula is C14H15BO4. The van der Waals surface area contributed by atoms with Crippen LogP contribution in [0.3, 0.4) is 0 Å². The van der Waals surface area contributed by atoms with Crippen LogP contribution in [0.15, 0.2) is 30.3 Å². The summed E-state index contributed by atoms with van der Waals surface area (Å²) in [5, 5.41) is 10.6. The molecule has 3 saturated heterocycles. The molecule has 1 aromatic rings. The van der Waals surface area contributed by atoms with Crippen LogP contribution >= 0.6 is 0 Å². The van der Waals surface area contributed by atoms with Crippen LogP contribution in [0.2, 0.25) is 5.82 Å². The summed E-state index contributed by atoms with van der Waals surface area (Å²) in [4.78, 5) is 0. The minimum Gasteiger partial charge on any atom is -0.446 e. The van der Waals surface area contributed by atoms with Crippen molar-refractivity contribution in [1.29, 1.82) is 0 Å². The zero-order chi connectivity index (χ0) is 12.6. The maximum absolute atomic E-state index is 10.6. The Hall–Kier alpha value is -0.875. The van der Waals surface area contributed by atoms with Gasteiger partial charge in [-0.2, -0.15) is 0 Å². The first-order valence-electron chi connectivity index (χ1n) is 6.96. The van der Waals surface area contributed by atoms with Gasteiger partial charge in [0.25, 0.3) is 0 Å². The van der Waals surface area contributed by atoms with E-state index in [1.165, 1.54) is 0 Å². The van der Waals surface area contributed by atoms with Crippen LogP contribution in [0, 0.1) is 5.41 Å². The molecule has 1 aliphatic carbocycles. The number of hydrogen-bond acceptors (Lipinski definition) is 4. The maximum atomic E-state index is 10.6. The van der Waals surface area contributed by atoms with Crippen molar-refractivity contribution in [3.05, 3.63) is 30.3 Å². The summed E-state index contributed by atoms with van der Waals surface area (Å²) in [5.74, 6) is 0.204. The van der Waals surface area contributed by atoms with E-state index in [0.29, 0.717) is 6.61 Å². The van der Waals surface area contributed by atoms with Gasteiger partial charge in [0.2, 0.25) is 0 Å². The van der Waals surface area contributed by atoms with E-state index in [1.54, 1.807) is 0 Å². The summed E-state index contributed by atoms with van der Waals surface area (Å²) in [6.45, 7) is 0.237. The Bertz CT molecular complexity index is 523. The van der Waals surface area contributed by atoms with E-state index in [4.69, 9.17) is 14.2 Å². The molecular weight excluding hydrogens is 243 g/mol. The fourth-order valence-corrected chi connectivity index (χ4v) is 4.36. The van der Waals surface area contributed by atoms with E-state index in [-0.39, 0.29) is 35.8 Å². The minimum atomic E-state index is -0.436. The average Bonchev–Trinajstić information content (AvgIpc) is 2.78. The van der Waals surface area contributed by atoms with Crippen LogP contribution in [0.4, 0.5) is 0 Å². The molecule has 2 bridgehead atoms. The molecule has 3 heterocycles. The van der Waals surface area contributed by atoms with Crippen molar-refractivity contribution in [2.75, 3.05) is 6.61 Å². The molecule has 4 nitrogen and oxygen atoms in total. The lowest BCUT2D eigenvalue weighted by Gasteiger charge is -2.43. The summed E-state index contributed by atoms with van der Waals surface area (Å²) in [6, 6.07) is 9.88. The third-order valence-corrected chi connectivity index (χ3v) is 5.27. The SMILES string of the molecule is OB(c1ccccc1)C1C2O[C@H]3[C@@H]4OC[C@H](CC213)O4. The van der Waals surface area contributed by atoms with Gasteiger partial charge in [-0.25, -0.2) is 0 Å². The second-order valence-corrected chi connectivity index (χ2v) is 6.13. The van der Waals surface area contributed by atoms with Crippen molar-refractivity contribution in [2.45, 2.75) is 36.8 Å². The van der Waals surface area contributed by atoms with Crippen LogP contribution in [-0.4, -0.2) is 43.1 Å². The Morgan fingerprint density at radius 3 is 2.84 bits per heavy atom. The van der Waals surface area contributed by atoms with Gasteiger partial charge < -0.3 is 19.2 Å². The highest BCUT2D eigenvalue weighted by molar-refractivity contribution is 6.69. The number of rotatable bonds is 2. The molecule has 3 aliphatic heterocycles. The van der Waals surface area contributed by atoms with Gasteiger partial charge in [-0.1, -0.05) is 30.3 Å². The normalized spacial score (nSPS) is 49.0. The van der Waals surface area contributed by atoms with Crippen molar-refractivity contribution in [2.24, 2.45) is 5.41 Å².